The molecule has 2 bridgehead atoms. The molecule has 2 fully saturated rings. The van der Waals surface area contributed by atoms with Gasteiger partial charge in [-0.05, 0) is 32.0 Å². The van der Waals surface area contributed by atoms with Gasteiger partial charge in [0.25, 0.3) is 0 Å². The predicted molar refractivity (Wildman–Crippen MR) is 101 cm³/mol. The summed E-state index contributed by atoms with van der Waals surface area (Å²) in [7, 11) is -3.71. The molecule has 1 unspecified atom stereocenters. The van der Waals surface area contributed by atoms with Crippen LogP contribution < -0.4 is 5.32 Å². The van der Waals surface area contributed by atoms with Crippen LogP contribution in [0.2, 0.25) is 0 Å². The van der Waals surface area contributed by atoms with Crippen LogP contribution in [0.1, 0.15) is 37.0 Å². The molecule has 0 aliphatic carbocycles. The SMILES string of the molecule is CC(C)S(=O)(=O)n1cc(C(=O)OC2C[C@H]3COC[C@@H](C2)N3)c2cc(F)ccc21. The summed E-state index contributed by atoms with van der Waals surface area (Å²) < 4.78 is 51.4. The molecule has 2 aromatic rings. The molecule has 2 aliphatic heterocycles. The molecule has 4 rings (SSSR count). The van der Waals surface area contributed by atoms with E-state index in [1.807, 2.05) is 0 Å². The Labute approximate surface area is 162 Å². The van der Waals surface area contributed by atoms with Crippen molar-refractivity contribution < 1.29 is 27.1 Å². The van der Waals surface area contributed by atoms with Gasteiger partial charge in [-0.3, -0.25) is 0 Å². The minimum Gasteiger partial charge on any atom is -0.459 e. The van der Waals surface area contributed by atoms with Gasteiger partial charge in [-0.25, -0.2) is 21.6 Å². The Bertz CT molecular complexity index is 1000. The van der Waals surface area contributed by atoms with Crippen molar-refractivity contribution in [3.05, 3.63) is 35.8 Å². The van der Waals surface area contributed by atoms with E-state index in [-0.39, 0.29) is 34.7 Å². The zero-order valence-corrected chi connectivity index (χ0v) is 16.5. The van der Waals surface area contributed by atoms with Crippen molar-refractivity contribution in [3.8, 4) is 0 Å². The summed E-state index contributed by atoms with van der Waals surface area (Å²) in [5.74, 6) is -1.19. The van der Waals surface area contributed by atoms with Crippen LogP contribution in [0.5, 0.6) is 0 Å². The van der Waals surface area contributed by atoms with Gasteiger partial charge in [-0.2, -0.15) is 0 Å². The number of aromatic nitrogens is 1. The fraction of sp³-hybridized carbons (Fsp3) is 0.526. The lowest BCUT2D eigenvalue weighted by molar-refractivity contribution is -0.0339. The molecule has 3 heterocycles. The summed E-state index contributed by atoms with van der Waals surface area (Å²) >= 11 is 0. The Hall–Kier alpha value is -1.97. The average Bonchev–Trinajstić information content (AvgIpc) is 3.00. The van der Waals surface area contributed by atoms with E-state index in [1.54, 1.807) is 13.8 Å². The van der Waals surface area contributed by atoms with Gasteiger partial charge in [0.05, 0.1) is 29.5 Å². The third kappa shape index (κ3) is 3.42. The van der Waals surface area contributed by atoms with Crippen molar-refractivity contribution in [2.24, 2.45) is 0 Å². The van der Waals surface area contributed by atoms with Crippen LogP contribution in [0.15, 0.2) is 24.4 Å². The first-order valence-electron chi connectivity index (χ1n) is 9.35. The number of piperidine rings is 1. The smallest absolute Gasteiger partial charge is 0.340 e. The van der Waals surface area contributed by atoms with Crippen LogP contribution in [-0.4, -0.2) is 55.0 Å². The molecule has 9 heteroatoms. The number of carbonyl (C=O) groups is 1. The Morgan fingerprint density at radius 1 is 1.29 bits per heavy atom. The molecule has 2 saturated heterocycles. The van der Waals surface area contributed by atoms with E-state index < -0.39 is 27.1 Å². The maximum Gasteiger partial charge on any atom is 0.340 e. The highest BCUT2D eigenvalue weighted by atomic mass is 32.2. The van der Waals surface area contributed by atoms with Gasteiger partial charge in [0.1, 0.15) is 11.9 Å². The summed E-state index contributed by atoms with van der Waals surface area (Å²) in [4.78, 5) is 12.9. The Balaban J connectivity index is 1.68. The Kier molecular flexibility index (Phi) is 4.93. The van der Waals surface area contributed by atoms with E-state index in [9.17, 15) is 17.6 Å². The predicted octanol–water partition coefficient (Wildman–Crippen LogP) is 2.04. The van der Waals surface area contributed by atoms with Gasteiger partial charge >= 0.3 is 5.97 Å². The van der Waals surface area contributed by atoms with Gasteiger partial charge in [-0.1, -0.05) is 0 Å². The van der Waals surface area contributed by atoms with Crippen LogP contribution in [0.25, 0.3) is 10.9 Å². The number of halogens is 1. The summed E-state index contributed by atoms with van der Waals surface area (Å²) in [6, 6.07) is 3.98. The normalized spacial score (nSPS) is 25.2. The van der Waals surface area contributed by atoms with E-state index in [0.29, 0.717) is 26.1 Å². The molecule has 1 aromatic heterocycles. The zero-order valence-electron chi connectivity index (χ0n) is 15.7. The highest BCUT2D eigenvalue weighted by molar-refractivity contribution is 7.90. The van der Waals surface area contributed by atoms with Crippen molar-refractivity contribution in [2.75, 3.05) is 13.2 Å². The molecule has 3 atom stereocenters. The molecule has 152 valence electrons. The summed E-state index contributed by atoms with van der Waals surface area (Å²) in [5.41, 5.74) is 0.316. The number of nitrogens with one attached hydrogen (secondary N) is 1. The summed E-state index contributed by atoms with van der Waals surface area (Å²) in [6.45, 7) is 4.25. The van der Waals surface area contributed by atoms with Crippen LogP contribution in [0, 0.1) is 5.82 Å². The molecule has 7 nitrogen and oxygen atoms in total. The topological polar surface area (TPSA) is 86.6 Å². The monoisotopic (exact) mass is 410 g/mol. The second-order valence-corrected chi connectivity index (χ2v) is 10.1. The maximum atomic E-state index is 13.8. The Morgan fingerprint density at radius 2 is 1.96 bits per heavy atom. The molecular weight excluding hydrogens is 387 g/mol. The molecule has 28 heavy (non-hydrogen) atoms. The lowest BCUT2D eigenvalue weighted by atomic mass is 9.94. The molecule has 2 aliphatic rings. The van der Waals surface area contributed by atoms with Crippen LogP contribution in [0.3, 0.4) is 0 Å². The minimum absolute atomic E-state index is 0.0543. The Morgan fingerprint density at radius 3 is 2.61 bits per heavy atom. The van der Waals surface area contributed by atoms with Crippen molar-refractivity contribution in [1.82, 2.24) is 9.29 Å². The molecule has 1 N–H and O–H groups in total. The van der Waals surface area contributed by atoms with Crippen molar-refractivity contribution in [2.45, 2.75) is 50.1 Å². The van der Waals surface area contributed by atoms with Gasteiger partial charge in [-0.15, -0.1) is 0 Å². The first kappa shape index (κ1) is 19.4. The number of carbonyl (C=O) groups excluding carboxylic acids is 1. The minimum atomic E-state index is -3.71. The molecule has 0 saturated carbocycles. The molecule has 0 radical (unpaired) electrons. The number of hydrogen-bond donors (Lipinski definition) is 1. The quantitative estimate of drug-likeness (QED) is 0.777. The van der Waals surface area contributed by atoms with Gasteiger partial charge < -0.3 is 14.8 Å². The fourth-order valence-electron chi connectivity index (χ4n) is 3.87. The van der Waals surface area contributed by atoms with Crippen LogP contribution in [0.4, 0.5) is 4.39 Å². The van der Waals surface area contributed by atoms with E-state index in [4.69, 9.17) is 9.47 Å². The average molecular weight is 410 g/mol. The number of nitrogens with zero attached hydrogens (tertiary/aromatic N) is 1. The number of fused-ring (bicyclic) bond motifs is 3. The fourth-order valence-corrected chi connectivity index (χ4v) is 5.01. The lowest BCUT2D eigenvalue weighted by Crippen LogP contribution is -2.56. The second kappa shape index (κ2) is 7.13. The molecule has 0 spiro atoms. The summed E-state index contributed by atoms with van der Waals surface area (Å²) in [6.07, 6.45) is 2.20. The van der Waals surface area contributed by atoms with Crippen LogP contribution >= 0.6 is 0 Å². The standard InChI is InChI=1S/C19H23FN2O5S/c1-11(2)28(24,25)22-8-17(16-5-12(20)3-4-18(16)22)19(23)27-15-6-13-9-26-10-14(7-15)21-13/h3-5,8,11,13-15,21H,6-7,9-10H2,1-2H3/t13-,14+,15?. The molecule has 1 aromatic carbocycles. The van der Waals surface area contributed by atoms with Crippen molar-refractivity contribution >= 4 is 26.9 Å². The zero-order chi connectivity index (χ0) is 20.1. The number of ether oxygens (including phenoxy) is 2. The lowest BCUT2D eigenvalue weighted by Gasteiger charge is -2.39. The van der Waals surface area contributed by atoms with Gasteiger partial charge in [0, 0.05) is 36.5 Å². The largest absolute Gasteiger partial charge is 0.459 e. The first-order chi connectivity index (χ1) is 13.3. The first-order valence-corrected chi connectivity index (χ1v) is 10.9. The highest BCUT2D eigenvalue weighted by Crippen LogP contribution is 2.28. The number of morpholine rings is 1. The molecule has 0 amide bonds. The highest BCUT2D eigenvalue weighted by Gasteiger charge is 2.34. The third-order valence-electron chi connectivity index (χ3n) is 5.30. The van der Waals surface area contributed by atoms with E-state index >= 15 is 0 Å². The maximum absolute atomic E-state index is 13.8. The van der Waals surface area contributed by atoms with E-state index in [1.165, 1.54) is 24.4 Å². The summed E-state index contributed by atoms with van der Waals surface area (Å²) in [5, 5.41) is 2.95. The number of esters is 1. The van der Waals surface area contributed by atoms with E-state index in [0.717, 1.165) is 3.97 Å². The van der Waals surface area contributed by atoms with Gasteiger partial charge in [0.2, 0.25) is 10.0 Å². The number of hydrogen-bond acceptors (Lipinski definition) is 6. The number of rotatable bonds is 4. The second-order valence-electron chi connectivity index (χ2n) is 7.69. The van der Waals surface area contributed by atoms with Crippen LogP contribution in [-0.2, 0) is 19.5 Å². The van der Waals surface area contributed by atoms with Gasteiger partial charge in [0.15, 0.2) is 0 Å². The third-order valence-corrected chi connectivity index (χ3v) is 7.34. The van der Waals surface area contributed by atoms with Crippen molar-refractivity contribution in [3.63, 3.8) is 0 Å². The number of benzene rings is 1. The van der Waals surface area contributed by atoms with E-state index in [2.05, 4.69) is 5.32 Å². The van der Waals surface area contributed by atoms with Crippen molar-refractivity contribution in [1.29, 1.82) is 0 Å². The molecular formula is C19H23FN2O5S.